The van der Waals surface area contributed by atoms with Gasteiger partial charge in [0.05, 0.1) is 25.7 Å². The first-order chi connectivity index (χ1) is 19.1. The van der Waals surface area contributed by atoms with Gasteiger partial charge in [-0.2, -0.15) is 0 Å². The minimum absolute atomic E-state index is 0.0913. The number of nitrogens with zero attached hydrogens (tertiary/aromatic N) is 2. The van der Waals surface area contributed by atoms with Gasteiger partial charge in [0, 0.05) is 25.6 Å². The van der Waals surface area contributed by atoms with Crippen LogP contribution in [-0.4, -0.2) is 63.7 Å². The van der Waals surface area contributed by atoms with Crippen LogP contribution in [0.5, 0.6) is 11.5 Å². The van der Waals surface area contributed by atoms with Gasteiger partial charge in [0.2, 0.25) is 21.8 Å². The van der Waals surface area contributed by atoms with E-state index in [2.05, 4.69) is 5.32 Å². The predicted molar refractivity (Wildman–Crippen MR) is 157 cm³/mol. The van der Waals surface area contributed by atoms with Crippen LogP contribution in [0.4, 0.5) is 5.69 Å². The molecule has 0 bridgehead atoms. The molecule has 40 heavy (non-hydrogen) atoms. The van der Waals surface area contributed by atoms with Crippen LogP contribution < -0.4 is 19.1 Å². The zero-order valence-electron chi connectivity index (χ0n) is 24.1. The lowest BCUT2D eigenvalue weighted by atomic mass is 9.95. The van der Waals surface area contributed by atoms with Gasteiger partial charge in [-0.1, -0.05) is 31.4 Å². The second kappa shape index (κ2) is 14.9. The molecule has 220 valence electrons. The van der Waals surface area contributed by atoms with Crippen molar-refractivity contribution in [1.82, 2.24) is 10.2 Å². The second-order valence-corrected chi connectivity index (χ2v) is 12.2. The molecule has 1 saturated carbocycles. The molecule has 10 heteroatoms. The van der Waals surface area contributed by atoms with Crippen LogP contribution >= 0.6 is 0 Å². The topological polar surface area (TPSA) is 105 Å². The number of hydrogen-bond donors (Lipinski definition) is 1. The van der Waals surface area contributed by atoms with E-state index in [1.807, 2.05) is 31.2 Å². The zero-order valence-corrected chi connectivity index (χ0v) is 24.9. The number of nitrogens with one attached hydrogen (secondary N) is 1. The Morgan fingerprint density at radius 3 is 2.38 bits per heavy atom. The molecule has 9 nitrogen and oxygen atoms in total. The number of carbonyl (C=O) groups is 2. The van der Waals surface area contributed by atoms with Gasteiger partial charge in [0.15, 0.2) is 0 Å². The van der Waals surface area contributed by atoms with Crippen molar-refractivity contribution < 1.29 is 27.5 Å². The fraction of sp³-hybridized carbons (Fsp3) is 0.533. The van der Waals surface area contributed by atoms with E-state index in [0.29, 0.717) is 30.2 Å². The zero-order chi connectivity index (χ0) is 29.1. The molecule has 2 aromatic rings. The average molecular weight is 574 g/mol. The molecule has 0 heterocycles. The van der Waals surface area contributed by atoms with Gasteiger partial charge in [-0.3, -0.25) is 13.9 Å². The minimum Gasteiger partial charge on any atom is -0.497 e. The van der Waals surface area contributed by atoms with Crippen molar-refractivity contribution in [3.8, 4) is 11.5 Å². The molecule has 1 N–H and O–H groups in total. The van der Waals surface area contributed by atoms with Crippen LogP contribution in [0.25, 0.3) is 0 Å². The number of benzene rings is 2. The SMILES string of the molecule is CCOc1ccc(N(CCCC(=O)N(Cc2cccc(OC)c2)[C@H](C)C(=O)NC2CCCCC2)S(C)(=O)=O)cc1. The average Bonchev–Trinajstić information content (AvgIpc) is 2.94. The first-order valence-electron chi connectivity index (χ1n) is 14.1. The van der Waals surface area contributed by atoms with Gasteiger partial charge in [-0.25, -0.2) is 8.42 Å². The highest BCUT2D eigenvalue weighted by Crippen LogP contribution is 2.23. The highest BCUT2D eigenvalue weighted by atomic mass is 32.2. The summed E-state index contributed by atoms with van der Waals surface area (Å²) in [6.45, 7) is 4.52. The summed E-state index contributed by atoms with van der Waals surface area (Å²) < 4.78 is 37.2. The Morgan fingerprint density at radius 1 is 1.05 bits per heavy atom. The molecular formula is C30H43N3O6S. The Labute approximate surface area is 238 Å². The molecular weight excluding hydrogens is 530 g/mol. The molecule has 0 radical (unpaired) electrons. The van der Waals surface area contributed by atoms with E-state index in [0.717, 1.165) is 37.5 Å². The van der Waals surface area contributed by atoms with Gasteiger partial charge in [0.1, 0.15) is 17.5 Å². The van der Waals surface area contributed by atoms with Crippen LogP contribution in [0.2, 0.25) is 0 Å². The van der Waals surface area contributed by atoms with E-state index in [1.165, 1.54) is 10.7 Å². The molecule has 0 aliphatic heterocycles. The quantitative estimate of drug-likeness (QED) is 0.357. The molecule has 0 spiro atoms. The molecule has 1 aliphatic carbocycles. The summed E-state index contributed by atoms with van der Waals surface area (Å²) in [5, 5.41) is 3.14. The highest BCUT2D eigenvalue weighted by molar-refractivity contribution is 7.92. The van der Waals surface area contributed by atoms with Crippen molar-refractivity contribution >= 4 is 27.5 Å². The number of methoxy groups -OCH3 is 1. The molecule has 0 unspecified atom stereocenters. The molecule has 1 atom stereocenters. The van der Waals surface area contributed by atoms with E-state index >= 15 is 0 Å². The van der Waals surface area contributed by atoms with E-state index in [9.17, 15) is 18.0 Å². The van der Waals surface area contributed by atoms with Gasteiger partial charge < -0.3 is 19.7 Å². The molecule has 3 rings (SSSR count). The standard InChI is InChI=1S/C30H43N3O6S/c1-5-39-27-18-16-26(17-19-27)33(40(4,36)37)20-10-15-29(34)32(22-24-11-9-14-28(21-24)38-3)23(2)30(35)31-25-12-7-6-8-13-25/h9,11,14,16-19,21,23,25H,5-8,10,12-13,15,20,22H2,1-4H3,(H,31,35)/t23-/m1/s1. The highest BCUT2D eigenvalue weighted by Gasteiger charge is 2.28. The Bertz CT molecular complexity index is 1210. The van der Waals surface area contributed by atoms with Crippen LogP contribution in [0.15, 0.2) is 48.5 Å². The lowest BCUT2D eigenvalue weighted by molar-refractivity contribution is -0.141. The predicted octanol–water partition coefficient (Wildman–Crippen LogP) is 4.51. The van der Waals surface area contributed by atoms with Crippen molar-refractivity contribution in [3.63, 3.8) is 0 Å². The van der Waals surface area contributed by atoms with Crippen LogP contribution in [0.3, 0.4) is 0 Å². The normalized spacial score (nSPS) is 14.7. The maximum atomic E-state index is 13.6. The lowest BCUT2D eigenvalue weighted by Gasteiger charge is -2.31. The van der Waals surface area contributed by atoms with Crippen LogP contribution in [-0.2, 0) is 26.2 Å². The molecule has 1 fully saturated rings. The van der Waals surface area contributed by atoms with E-state index in [1.54, 1.807) is 43.2 Å². The van der Waals surface area contributed by atoms with Gasteiger partial charge in [0.25, 0.3) is 0 Å². The first-order valence-corrected chi connectivity index (χ1v) is 15.9. The second-order valence-electron chi connectivity index (χ2n) is 10.3. The summed E-state index contributed by atoms with van der Waals surface area (Å²) in [4.78, 5) is 28.3. The molecule has 2 aromatic carbocycles. The first kappa shape index (κ1) is 31.3. The number of ether oxygens (including phenoxy) is 2. The van der Waals surface area contributed by atoms with E-state index in [4.69, 9.17) is 9.47 Å². The van der Waals surface area contributed by atoms with Crippen LogP contribution in [0.1, 0.15) is 64.4 Å². The van der Waals surface area contributed by atoms with Gasteiger partial charge in [-0.15, -0.1) is 0 Å². The number of anilines is 1. The Kier molecular flexibility index (Phi) is 11.7. The van der Waals surface area contributed by atoms with Crippen molar-refractivity contribution in [3.05, 3.63) is 54.1 Å². The Hall–Kier alpha value is -3.27. The number of hydrogen-bond acceptors (Lipinski definition) is 6. The summed E-state index contributed by atoms with van der Waals surface area (Å²) in [6, 6.07) is 13.7. The summed E-state index contributed by atoms with van der Waals surface area (Å²) in [5.74, 6) is 0.941. The monoisotopic (exact) mass is 573 g/mol. The maximum Gasteiger partial charge on any atom is 0.242 e. The number of carbonyl (C=O) groups excluding carboxylic acids is 2. The van der Waals surface area contributed by atoms with Crippen molar-refractivity contribution in [2.24, 2.45) is 0 Å². The molecule has 0 saturated heterocycles. The third-order valence-electron chi connectivity index (χ3n) is 7.19. The third-order valence-corrected chi connectivity index (χ3v) is 8.39. The van der Waals surface area contributed by atoms with Gasteiger partial charge >= 0.3 is 0 Å². The number of amides is 2. The summed E-state index contributed by atoms with van der Waals surface area (Å²) in [7, 11) is -1.99. The third kappa shape index (κ3) is 9.15. The van der Waals surface area contributed by atoms with Crippen molar-refractivity contribution in [2.75, 3.05) is 30.8 Å². The smallest absolute Gasteiger partial charge is 0.242 e. The fourth-order valence-electron chi connectivity index (χ4n) is 5.00. The lowest BCUT2D eigenvalue weighted by Crippen LogP contribution is -2.50. The number of sulfonamides is 1. The summed E-state index contributed by atoms with van der Waals surface area (Å²) in [5.41, 5.74) is 1.35. The van der Waals surface area contributed by atoms with Crippen molar-refractivity contribution in [1.29, 1.82) is 0 Å². The fourth-order valence-corrected chi connectivity index (χ4v) is 5.96. The Balaban J connectivity index is 1.72. The van der Waals surface area contributed by atoms with E-state index in [-0.39, 0.29) is 37.4 Å². The summed E-state index contributed by atoms with van der Waals surface area (Å²) in [6.07, 6.45) is 6.82. The summed E-state index contributed by atoms with van der Waals surface area (Å²) >= 11 is 0. The number of rotatable bonds is 14. The molecule has 1 aliphatic rings. The molecule has 2 amide bonds. The van der Waals surface area contributed by atoms with Crippen LogP contribution in [0, 0.1) is 0 Å². The minimum atomic E-state index is -3.57. The van der Waals surface area contributed by atoms with Gasteiger partial charge in [-0.05, 0) is 75.1 Å². The molecule has 0 aromatic heterocycles. The van der Waals surface area contributed by atoms with E-state index < -0.39 is 16.1 Å². The maximum absolute atomic E-state index is 13.6. The largest absolute Gasteiger partial charge is 0.497 e. The van der Waals surface area contributed by atoms with Crippen molar-refractivity contribution in [2.45, 2.75) is 77.4 Å². The Morgan fingerprint density at radius 2 is 1.75 bits per heavy atom.